The third kappa shape index (κ3) is 3.11. The molecule has 26 heavy (non-hydrogen) atoms. The predicted octanol–water partition coefficient (Wildman–Crippen LogP) is 3.13. The molecule has 4 aromatic rings. The lowest BCUT2D eigenvalue weighted by molar-refractivity contribution is 0.340. The van der Waals surface area contributed by atoms with Crippen molar-refractivity contribution in [2.75, 3.05) is 6.61 Å². The van der Waals surface area contributed by atoms with Crippen molar-refractivity contribution in [2.24, 2.45) is 0 Å². The van der Waals surface area contributed by atoms with E-state index in [0.29, 0.717) is 28.5 Å². The first kappa shape index (κ1) is 16.5. The molecular weight excluding hydrogens is 350 g/mol. The van der Waals surface area contributed by atoms with Crippen LogP contribution in [0.2, 0.25) is 0 Å². The van der Waals surface area contributed by atoms with Crippen molar-refractivity contribution in [1.82, 2.24) is 24.5 Å². The fraction of sp³-hybridized carbons (Fsp3) is 0.167. The molecule has 0 bridgehead atoms. The van der Waals surface area contributed by atoms with Gasteiger partial charge in [0.1, 0.15) is 17.1 Å². The number of H-pyrrole nitrogens is 2. The first-order chi connectivity index (χ1) is 12.8. The van der Waals surface area contributed by atoms with Crippen LogP contribution in [0.3, 0.4) is 0 Å². The van der Waals surface area contributed by atoms with Crippen molar-refractivity contribution in [1.29, 1.82) is 0 Å². The zero-order valence-corrected chi connectivity index (χ0v) is 14.9. The molecule has 0 spiro atoms. The smallest absolute Gasteiger partial charge is 0.283 e. The standard InChI is InChI=1S/C18H17N5O2S/c1-2-25-13-5-3-12(4-6-13)23-17(24)16-14(7-8-21-16)22-18(23)26-11-15-19-9-10-20-15/h3-10,21H,2,11H2,1H3,(H,19,20). The molecule has 7 nitrogen and oxygen atoms in total. The Labute approximate surface area is 153 Å². The van der Waals surface area contributed by atoms with Gasteiger partial charge in [-0.25, -0.2) is 9.97 Å². The van der Waals surface area contributed by atoms with Gasteiger partial charge >= 0.3 is 0 Å². The average Bonchev–Trinajstić information content (AvgIpc) is 3.33. The maximum atomic E-state index is 13.0. The summed E-state index contributed by atoms with van der Waals surface area (Å²) in [6.45, 7) is 2.53. The van der Waals surface area contributed by atoms with Gasteiger partial charge in [-0.3, -0.25) is 9.36 Å². The Kier molecular flexibility index (Phi) is 4.49. The van der Waals surface area contributed by atoms with Crippen LogP contribution in [0.25, 0.3) is 16.7 Å². The molecule has 0 radical (unpaired) electrons. The van der Waals surface area contributed by atoms with Crippen LogP contribution in [0, 0.1) is 0 Å². The van der Waals surface area contributed by atoms with Gasteiger partial charge in [0.05, 0.1) is 23.6 Å². The molecule has 0 aliphatic heterocycles. The molecule has 0 unspecified atom stereocenters. The first-order valence-corrected chi connectivity index (χ1v) is 9.19. The fourth-order valence-corrected chi connectivity index (χ4v) is 3.57. The predicted molar refractivity (Wildman–Crippen MR) is 101 cm³/mol. The van der Waals surface area contributed by atoms with Crippen LogP contribution in [0.1, 0.15) is 12.7 Å². The van der Waals surface area contributed by atoms with Gasteiger partial charge in [0, 0.05) is 18.6 Å². The summed E-state index contributed by atoms with van der Waals surface area (Å²) in [5, 5.41) is 0.614. The molecule has 4 rings (SSSR count). The van der Waals surface area contributed by atoms with Crippen LogP contribution in [0.4, 0.5) is 0 Å². The molecule has 0 aliphatic carbocycles. The number of ether oxygens (including phenoxy) is 1. The van der Waals surface area contributed by atoms with Gasteiger partial charge in [0.25, 0.3) is 5.56 Å². The van der Waals surface area contributed by atoms with Gasteiger partial charge in [-0.15, -0.1) is 0 Å². The molecule has 0 saturated carbocycles. The quantitative estimate of drug-likeness (QED) is 0.404. The van der Waals surface area contributed by atoms with Gasteiger partial charge in [0.15, 0.2) is 5.16 Å². The normalized spacial score (nSPS) is 11.1. The Bertz CT molecular complexity index is 1070. The van der Waals surface area contributed by atoms with Crippen LogP contribution in [0.15, 0.2) is 58.9 Å². The van der Waals surface area contributed by atoms with Gasteiger partial charge in [-0.1, -0.05) is 11.8 Å². The van der Waals surface area contributed by atoms with E-state index in [2.05, 4.69) is 19.9 Å². The van der Waals surface area contributed by atoms with E-state index >= 15 is 0 Å². The molecule has 0 atom stereocenters. The molecule has 132 valence electrons. The van der Waals surface area contributed by atoms with Gasteiger partial charge in [0.2, 0.25) is 0 Å². The van der Waals surface area contributed by atoms with Crippen molar-refractivity contribution in [3.8, 4) is 11.4 Å². The highest BCUT2D eigenvalue weighted by atomic mass is 32.2. The number of nitrogens with zero attached hydrogens (tertiary/aromatic N) is 3. The Hall–Kier alpha value is -3.00. The molecule has 3 heterocycles. The highest BCUT2D eigenvalue weighted by Gasteiger charge is 2.14. The number of thioether (sulfide) groups is 1. The van der Waals surface area contributed by atoms with Gasteiger partial charge in [-0.2, -0.15) is 0 Å². The molecule has 1 aromatic carbocycles. The third-order valence-electron chi connectivity index (χ3n) is 3.85. The largest absolute Gasteiger partial charge is 0.494 e. The van der Waals surface area contributed by atoms with Crippen LogP contribution in [0.5, 0.6) is 5.75 Å². The molecule has 0 aliphatic rings. The van der Waals surface area contributed by atoms with Crippen molar-refractivity contribution in [3.63, 3.8) is 0 Å². The highest BCUT2D eigenvalue weighted by molar-refractivity contribution is 7.98. The van der Waals surface area contributed by atoms with E-state index in [1.807, 2.05) is 31.2 Å². The van der Waals surface area contributed by atoms with Crippen LogP contribution in [-0.4, -0.2) is 31.1 Å². The summed E-state index contributed by atoms with van der Waals surface area (Å²) in [5.74, 6) is 2.19. The minimum Gasteiger partial charge on any atom is -0.494 e. The van der Waals surface area contributed by atoms with E-state index < -0.39 is 0 Å². The second-order valence-electron chi connectivity index (χ2n) is 5.52. The zero-order chi connectivity index (χ0) is 17.9. The number of fused-ring (bicyclic) bond motifs is 1. The summed E-state index contributed by atoms with van der Waals surface area (Å²) >= 11 is 1.46. The molecule has 8 heteroatoms. The Morgan fingerprint density at radius 3 is 2.73 bits per heavy atom. The number of aromatic nitrogens is 5. The number of nitrogens with one attached hydrogen (secondary N) is 2. The summed E-state index contributed by atoms with van der Waals surface area (Å²) in [6, 6.07) is 9.23. The number of rotatable bonds is 6. The molecule has 2 N–H and O–H groups in total. The summed E-state index contributed by atoms with van der Waals surface area (Å²) < 4.78 is 7.10. The summed E-state index contributed by atoms with van der Waals surface area (Å²) in [6.07, 6.45) is 5.21. The van der Waals surface area contributed by atoms with Crippen molar-refractivity contribution in [2.45, 2.75) is 17.8 Å². The molecule has 0 saturated heterocycles. The van der Waals surface area contributed by atoms with E-state index in [1.165, 1.54) is 11.8 Å². The minimum absolute atomic E-state index is 0.133. The number of imidazole rings is 1. The van der Waals surface area contributed by atoms with E-state index in [4.69, 9.17) is 4.74 Å². The first-order valence-electron chi connectivity index (χ1n) is 8.20. The molecular formula is C18H17N5O2S. The second kappa shape index (κ2) is 7.09. The highest BCUT2D eigenvalue weighted by Crippen LogP contribution is 2.24. The van der Waals surface area contributed by atoms with E-state index in [0.717, 1.165) is 17.3 Å². The van der Waals surface area contributed by atoms with E-state index in [9.17, 15) is 4.79 Å². The van der Waals surface area contributed by atoms with Crippen molar-refractivity contribution in [3.05, 3.63) is 65.1 Å². The summed E-state index contributed by atoms with van der Waals surface area (Å²) in [4.78, 5) is 27.9. The SMILES string of the molecule is CCOc1ccc(-n2c(SCc3ncc[nH]3)nc3cc[nH]c3c2=O)cc1. The number of hydrogen-bond acceptors (Lipinski definition) is 5. The van der Waals surface area contributed by atoms with Crippen LogP contribution >= 0.6 is 11.8 Å². The Morgan fingerprint density at radius 2 is 2.00 bits per heavy atom. The number of aromatic amines is 2. The lowest BCUT2D eigenvalue weighted by Gasteiger charge is -2.12. The maximum absolute atomic E-state index is 13.0. The van der Waals surface area contributed by atoms with Crippen molar-refractivity contribution >= 4 is 22.8 Å². The fourth-order valence-electron chi connectivity index (χ4n) is 2.67. The second-order valence-corrected chi connectivity index (χ2v) is 6.47. The zero-order valence-electron chi connectivity index (χ0n) is 14.1. The maximum Gasteiger partial charge on any atom is 0.283 e. The number of benzene rings is 1. The van der Waals surface area contributed by atoms with Gasteiger partial charge < -0.3 is 14.7 Å². The van der Waals surface area contributed by atoms with Crippen LogP contribution < -0.4 is 10.3 Å². The van der Waals surface area contributed by atoms with Crippen LogP contribution in [-0.2, 0) is 5.75 Å². The van der Waals surface area contributed by atoms with Gasteiger partial charge in [-0.05, 0) is 37.3 Å². The molecule has 3 aromatic heterocycles. The van der Waals surface area contributed by atoms with E-state index in [-0.39, 0.29) is 5.56 Å². The third-order valence-corrected chi connectivity index (χ3v) is 4.80. The van der Waals surface area contributed by atoms with E-state index in [1.54, 1.807) is 29.2 Å². The molecule has 0 fully saturated rings. The Morgan fingerprint density at radius 1 is 1.15 bits per heavy atom. The topological polar surface area (TPSA) is 88.6 Å². The lowest BCUT2D eigenvalue weighted by Crippen LogP contribution is -2.21. The summed E-state index contributed by atoms with van der Waals surface area (Å²) in [7, 11) is 0. The Balaban J connectivity index is 1.78. The van der Waals surface area contributed by atoms with Crippen molar-refractivity contribution < 1.29 is 4.74 Å². The lowest BCUT2D eigenvalue weighted by atomic mass is 10.3. The summed E-state index contributed by atoms with van der Waals surface area (Å²) in [5.41, 5.74) is 1.75. The number of hydrogen-bond donors (Lipinski definition) is 2. The minimum atomic E-state index is -0.133. The molecule has 0 amide bonds. The monoisotopic (exact) mass is 367 g/mol. The average molecular weight is 367 g/mol.